The van der Waals surface area contributed by atoms with Crippen molar-refractivity contribution < 1.29 is 20.7 Å². The summed E-state index contributed by atoms with van der Waals surface area (Å²) >= 11 is 0. The zero-order valence-corrected chi connectivity index (χ0v) is 7.38. The monoisotopic (exact) mass is 186 g/mol. The summed E-state index contributed by atoms with van der Waals surface area (Å²) in [5, 5.41) is 30.7. The Morgan fingerprint density at radius 3 is 1.92 bits per heavy atom. The molecule has 0 heterocycles. The maximum atomic E-state index is 9.35. The summed E-state index contributed by atoms with van der Waals surface area (Å²) in [6.45, 7) is 1.73. The van der Waals surface area contributed by atoms with E-state index < -0.39 is 5.79 Å². The van der Waals surface area contributed by atoms with E-state index in [0.717, 1.165) is 0 Å². The molecule has 4 nitrogen and oxygen atoms in total. The van der Waals surface area contributed by atoms with Crippen LogP contribution in [0.25, 0.3) is 0 Å². The maximum Gasteiger partial charge on any atom is 0.189 e. The Hall–Kier alpha value is -0.940. The van der Waals surface area contributed by atoms with Crippen molar-refractivity contribution in [3.63, 3.8) is 0 Å². The number of aliphatic hydroxyl groups is 2. The lowest BCUT2D eigenvalue weighted by Crippen LogP contribution is -2.23. The van der Waals surface area contributed by atoms with Crippen molar-refractivity contribution in [2.75, 3.05) is 0 Å². The van der Waals surface area contributed by atoms with Crippen LogP contribution in [0.5, 0.6) is 0 Å². The van der Waals surface area contributed by atoms with Gasteiger partial charge in [-0.25, -0.2) is 0 Å². The van der Waals surface area contributed by atoms with Gasteiger partial charge in [-0.1, -0.05) is 37.3 Å². The van der Waals surface area contributed by atoms with E-state index in [0.29, 0.717) is 12.0 Å². The molecule has 0 saturated carbocycles. The van der Waals surface area contributed by atoms with Crippen molar-refractivity contribution in [2.45, 2.75) is 19.1 Å². The summed E-state index contributed by atoms with van der Waals surface area (Å²) in [5.41, 5.74) is 0.544. The lowest BCUT2D eigenvalue weighted by molar-refractivity contribution is -0.176. The van der Waals surface area contributed by atoms with E-state index in [2.05, 4.69) is 0 Å². The van der Waals surface area contributed by atoms with Crippen LogP contribution in [-0.2, 0) is 5.79 Å². The molecule has 74 valence electrons. The van der Waals surface area contributed by atoms with Gasteiger partial charge in [-0.2, -0.15) is 0 Å². The second kappa shape index (κ2) is 5.66. The fourth-order valence-electron chi connectivity index (χ4n) is 0.909. The molecular formula is C9H14O4. The van der Waals surface area contributed by atoms with Crippen LogP contribution in [0, 0.1) is 0 Å². The minimum Gasteiger partial charge on any atom is -0.362 e. The summed E-state index contributed by atoms with van der Waals surface area (Å²) in [6.07, 6.45) is 0.303. The van der Waals surface area contributed by atoms with Gasteiger partial charge in [-0.05, 0) is 0 Å². The van der Waals surface area contributed by atoms with Gasteiger partial charge < -0.3 is 10.2 Å². The number of hydrogen-bond donors (Lipinski definition) is 4. The Labute approximate surface area is 76.6 Å². The first-order chi connectivity index (χ1) is 6.17. The van der Waals surface area contributed by atoms with Gasteiger partial charge in [0.25, 0.3) is 0 Å². The van der Waals surface area contributed by atoms with Crippen LogP contribution in [0.3, 0.4) is 0 Å². The minimum absolute atomic E-state index is 0.303. The first-order valence-corrected chi connectivity index (χ1v) is 3.87. The van der Waals surface area contributed by atoms with Gasteiger partial charge in [0, 0.05) is 12.0 Å². The second-order valence-corrected chi connectivity index (χ2v) is 2.54. The van der Waals surface area contributed by atoms with Crippen LogP contribution in [0.4, 0.5) is 0 Å². The summed E-state index contributed by atoms with van der Waals surface area (Å²) in [4.78, 5) is 0. The van der Waals surface area contributed by atoms with E-state index in [1.165, 1.54) is 0 Å². The summed E-state index contributed by atoms with van der Waals surface area (Å²) in [7, 11) is 0. The average Bonchev–Trinajstić information content (AvgIpc) is 2.22. The van der Waals surface area contributed by atoms with Gasteiger partial charge in [-0.3, -0.25) is 10.5 Å². The van der Waals surface area contributed by atoms with Crippen LogP contribution < -0.4 is 0 Å². The molecule has 1 aromatic carbocycles. The fraction of sp³-hybridized carbons (Fsp3) is 0.333. The Morgan fingerprint density at radius 2 is 1.54 bits per heavy atom. The van der Waals surface area contributed by atoms with Crippen molar-refractivity contribution in [3.8, 4) is 0 Å². The highest BCUT2D eigenvalue weighted by molar-refractivity contribution is 5.19. The third-order valence-electron chi connectivity index (χ3n) is 1.73. The van der Waals surface area contributed by atoms with E-state index in [9.17, 15) is 10.2 Å². The predicted molar refractivity (Wildman–Crippen MR) is 48.1 cm³/mol. The minimum atomic E-state index is -1.67. The van der Waals surface area contributed by atoms with Gasteiger partial charge in [-0.15, -0.1) is 0 Å². The first kappa shape index (κ1) is 12.1. The molecule has 0 amide bonds. The molecule has 0 saturated heterocycles. The van der Waals surface area contributed by atoms with Gasteiger partial charge in [0.15, 0.2) is 5.79 Å². The van der Waals surface area contributed by atoms with Crippen molar-refractivity contribution in [1.82, 2.24) is 0 Å². The Balaban J connectivity index is 0.000000671. The van der Waals surface area contributed by atoms with Crippen LogP contribution in [0.1, 0.15) is 18.9 Å². The van der Waals surface area contributed by atoms with Gasteiger partial charge in [0.1, 0.15) is 0 Å². The molecule has 13 heavy (non-hydrogen) atoms. The van der Waals surface area contributed by atoms with E-state index in [4.69, 9.17) is 10.5 Å². The van der Waals surface area contributed by atoms with E-state index in [-0.39, 0.29) is 0 Å². The molecule has 4 heteroatoms. The Kier molecular flexibility index (Phi) is 5.25. The quantitative estimate of drug-likeness (QED) is 0.318. The molecule has 0 unspecified atom stereocenters. The van der Waals surface area contributed by atoms with E-state index in [1.54, 1.807) is 31.2 Å². The lowest BCUT2D eigenvalue weighted by Gasteiger charge is -2.19. The number of hydrogen-bond acceptors (Lipinski definition) is 4. The molecule has 0 spiro atoms. The van der Waals surface area contributed by atoms with Crippen molar-refractivity contribution in [3.05, 3.63) is 35.9 Å². The molecule has 0 fully saturated rings. The van der Waals surface area contributed by atoms with Crippen LogP contribution in [-0.4, -0.2) is 20.7 Å². The van der Waals surface area contributed by atoms with E-state index in [1.807, 2.05) is 6.07 Å². The lowest BCUT2D eigenvalue weighted by atomic mass is 10.0. The first-order valence-electron chi connectivity index (χ1n) is 3.87. The normalized spacial score (nSPS) is 10.2. The molecule has 0 bridgehead atoms. The molecule has 0 aliphatic heterocycles. The van der Waals surface area contributed by atoms with E-state index >= 15 is 0 Å². The highest BCUT2D eigenvalue weighted by Crippen LogP contribution is 2.20. The number of benzene rings is 1. The zero-order valence-electron chi connectivity index (χ0n) is 7.38. The Bertz CT molecular complexity index is 220. The topological polar surface area (TPSA) is 80.9 Å². The van der Waals surface area contributed by atoms with Gasteiger partial charge in [0.05, 0.1) is 0 Å². The highest BCUT2D eigenvalue weighted by atomic mass is 17.0. The molecule has 0 aliphatic rings. The highest BCUT2D eigenvalue weighted by Gasteiger charge is 2.21. The molecular weight excluding hydrogens is 172 g/mol. The third kappa shape index (κ3) is 3.52. The summed E-state index contributed by atoms with van der Waals surface area (Å²) in [5.74, 6) is -1.67. The smallest absolute Gasteiger partial charge is 0.189 e. The maximum absolute atomic E-state index is 9.35. The molecule has 1 rings (SSSR count). The van der Waals surface area contributed by atoms with Gasteiger partial charge in [0.2, 0.25) is 0 Å². The van der Waals surface area contributed by atoms with Crippen LogP contribution >= 0.6 is 0 Å². The van der Waals surface area contributed by atoms with Crippen LogP contribution in [0.2, 0.25) is 0 Å². The molecule has 0 aliphatic carbocycles. The molecule has 1 aromatic rings. The molecule has 0 atom stereocenters. The van der Waals surface area contributed by atoms with Crippen molar-refractivity contribution in [2.24, 2.45) is 0 Å². The molecule has 0 radical (unpaired) electrons. The largest absolute Gasteiger partial charge is 0.362 e. The van der Waals surface area contributed by atoms with Crippen molar-refractivity contribution in [1.29, 1.82) is 0 Å². The number of rotatable bonds is 2. The summed E-state index contributed by atoms with van der Waals surface area (Å²) in [6, 6.07) is 8.81. The summed E-state index contributed by atoms with van der Waals surface area (Å²) < 4.78 is 0. The average molecular weight is 186 g/mol. The third-order valence-corrected chi connectivity index (χ3v) is 1.73. The van der Waals surface area contributed by atoms with Gasteiger partial charge >= 0.3 is 0 Å². The molecule has 4 N–H and O–H groups in total. The Morgan fingerprint density at radius 1 is 1.08 bits per heavy atom. The predicted octanol–water partition coefficient (Wildman–Crippen LogP) is 1.25. The standard InChI is InChI=1S/C9H12O2.H2O2/c1-2-9(10,11)8-6-4-3-5-7-8;1-2/h3-7,10-11H,2H2,1H3;1-2H. The zero-order chi connectivity index (χ0) is 10.3. The fourth-order valence-corrected chi connectivity index (χ4v) is 0.909. The molecule has 0 aromatic heterocycles. The van der Waals surface area contributed by atoms with Crippen LogP contribution in [0.15, 0.2) is 30.3 Å². The second-order valence-electron chi connectivity index (χ2n) is 2.54. The van der Waals surface area contributed by atoms with Crippen molar-refractivity contribution >= 4 is 0 Å². The SMILES string of the molecule is CCC(O)(O)c1ccccc1.OO.